The van der Waals surface area contributed by atoms with E-state index in [0.29, 0.717) is 29.6 Å². The Morgan fingerprint density at radius 2 is 2.00 bits per heavy atom. The van der Waals surface area contributed by atoms with Crippen molar-refractivity contribution in [1.29, 1.82) is 0 Å². The van der Waals surface area contributed by atoms with Crippen LogP contribution in [0.2, 0.25) is 5.02 Å². The lowest BCUT2D eigenvalue weighted by molar-refractivity contribution is -0.384. The first-order valence-corrected chi connectivity index (χ1v) is 9.80. The van der Waals surface area contributed by atoms with Gasteiger partial charge in [0, 0.05) is 41.7 Å². The van der Waals surface area contributed by atoms with Crippen molar-refractivity contribution in [3.63, 3.8) is 0 Å². The average Bonchev–Trinajstić information content (AvgIpc) is 3.10. The van der Waals surface area contributed by atoms with Gasteiger partial charge in [0.2, 0.25) is 0 Å². The number of carbonyl (C=O) groups excluding carboxylic acids is 1. The van der Waals surface area contributed by atoms with Crippen LogP contribution in [-0.4, -0.2) is 33.8 Å². The largest absolute Gasteiger partial charge is 0.339 e. The third-order valence-corrected chi connectivity index (χ3v) is 6.24. The van der Waals surface area contributed by atoms with Gasteiger partial charge >= 0.3 is 0 Å². The van der Waals surface area contributed by atoms with Gasteiger partial charge in [0.1, 0.15) is 0 Å². The van der Waals surface area contributed by atoms with Crippen molar-refractivity contribution in [3.8, 4) is 0 Å². The van der Waals surface area contributed by atoms with Gasteiger partial charge in [0.15, 0.2) is 0 Å². The summed E-state index contributed by atoms with van der Waals surface area (Å²) in [6, 6.07) is 11.6. The van der Waals surface area contributed by atoms with Crippen LogP contribution in [0.3, 0.4) is 0 Å². The van der Waals surface area contributed by atoms with Gasteiger partial charge in [-0.05, 0) is 37.1 Å². The Hall–Kier alpha value is -2.51. The number of hydrogen-bond donors (Lipinski definition) is 0. The molecule has 3 aromatic rings. The predicted molar refractivity (Wildman–Crippen MR) is 106 cm³/mol. The number of amides is 1. The molecule has 1 aliphatic rings. The van der Waals surface area contributed by atoms with Crippen LogP contribution in [0.15, 0.2) is 42.5 Å². The van der Waals surface area contributed by atoms with Crippen molar-refractivity contribution >= 4 is 44.7 Å². The lowest BCUT2D eigenvalue weighted by Gasteiger charge is -2.31. The molecule has 0 bridgehead atoms. The third-order valence-electron chi connectivity index (χ3n) is 4.80. The zero-order chi connectivity index (χ0) is 19.0. The number of thiazole rings is 1. The molecular weight excluding hydrogens is 386 g/mol. The monoisotopic (exact) mass is 401 g/mol. The highest BCUT2D eigenvalue weighted by Crippen LogP contribution is 2.35. The summed E-state index contributed by atoms with van der Waals surface area (Å²) in [5, 5.41) is 12.7. The molecule has 8 heteroatoms. The van der Waals surface area contributed by atoms with Crippen LogP contribution in [0.4, 0.5) is 5.69 Å². The molecule has 0 aliphatic carbocycles. The van der Waals surface area contributed by atoms with Gasteiger partial charge in [-0.25, -0.2) is 4.98 Å². The standard InChI is InChI=1S/C19H16ClN3O3S/c20-14-4-5-17-16(11-14)21-18(27-17)12-6-8-22(9-7-12)19(24)13-2-1-3-15(10-13)23(25)26/h1-5,10-12H,6-9H2. The van der Waals surface area contributed by atoms with E-state index in [1.165, 1.54) is 12.1 Å². The number of hydrogen-bond acceptors (Lipinski definition) is 5. The quantitative estimate of drug-likeness (QED) is 0.463. The summed E-state index contributed by atoms with van der Waals surface area (Å²) in [6.45, 7) is 1.23. The van der Waals surface area contributed by atoms with Crippen LogP contribution in [0, 0.1) is 10.1 Å². The number of likely N-dealkylation sites (tertiary alicyclic amines) is 1. The van der Waals surface area contributed by atoms with Gasteiger partial charge < -0.3 is 4.90 Å². The molecule has 2 aromatic carbocycles. The summed E-state index contributed by atoms with van der Waals surface area (Å²) in [6.07, 6.45) is 1.66. The second-order valence-corrected chi connectivity index (χ2v) is 8.04. The zero-order valence-electron chi connectivity index (χ0n) is 14.3. The number of halogens is 1. The predicted octanol–water partition coefficient (Wildman–Crippen LogP) is 4.88. The van der Waals surface area contributed by atoms with Gasteiger partial charge in [-0.2, -0.15) is 0 Å². The maximum atomic E-state index is 12.7. The second kappa shape index (κ2) is 7.25. The highest BCUT2D eigenvalue weighted by atomic mass is 35.5. The van der Waals surface area contributed by atoms with Crippen molar-refractivity contribution in [2.45, 2.75) is 18.8 Å². The van der Waals surface area contributed by atoms with E-state index in [4.69, 9.17) is 16.6 Å². The highest BCUT2D eigenvalue weighted by Gasteiger charge is 2.27. The van der Waals surface area contributed by atoms with Crippen LogP contribution < -0.4 is 0 Å². The molecular formula is C19H16ClN3O3S. The van der Waals surface area contributed by atoms with E-state index < -0.39 is 4.92 Å². The molecule has 0 spiro atoms. The minimum atomic E-state index is -0.484. The van der Waals surface area contributed by atoms with Gasteiger partial charge in [0.25, 0.3) is 11.6 Å². The minimum Gasteiger partial charge on any atom is -0.339 e. The lowest BCUT2D eigenvalue weighted by atomic mass is 9.97. The Balaban J connectivity index is 1.45. The zero-order valence-corrected chi connectivity index (χ0v) is 15.9. The molecule has 6 nitrogen and oxygen atoms in total. The maximum Gasteiger partial charge on any atom is 0.270 e. The summed E-state index contributed by atoms with van der Waals surface area (Å²) in [4.78, 5) is 29.6. The molecule has 2 heterocycles. The molecule has 0 N–H and O–H groups in total. The van der Waals surface area contributed by atoms with Gasteiger partial charge in [-0.15, -0.1) is 11.3 Å². The molecule has 4 rings (SSSR count). The van der Waals surface area contributed by atoms with Crippen LogP contribution in [0.25, 0.3) is 10.2 Å². The van der Waals surface area contributed by atoms with Crippen molar-refractivity contribution in [3.05, 3.63) is 68.2 Å². The number of nitro groups is 1. The third kappa shape index (κ3) is 3.65. The van der Waals surface area contributed by atoms with Crippen molar-refractivity contribution < 1.29 is 9.72 Å². The molecule has 27 heavy (non-hydrogen) atoms. The first-order valence-electron chi connectivity index (χ1n) is 8.61. The topological polar surface area (TPSA) is 76.3 Å². The summed E-state index contributed by atoms with van der Waals surface area (Å²) >= 11 is 7.71. The summed E-state index contributed by atoms with van der Waals surface area (Å²) < 4.78 is 1.12. The smallest absolute Gasteiger partial charge is 0.270 e. The normalized spacial score (nSPS) is 15.2. The van der Waals surface area contributed by atoms with E-state index >= 15 is 0 Å². The molecule has 1 amide bonds. The maximum absolute atomic E-state index is 12.7. The Kier molecular flexibility index (Phi) is 4.80. The SMILES string of the molecule is O=C(c1cccc([N+](=O)[O-])c1)N1CCC(c2nc3cc(Cl)ccc3s2)CC1. The van der Waals surface area contributed by atoms with E-state index in [0.717, 1.165) is 28.1 Å². The average molecular weight is 402 g/mol. The van der Waals surface area contributed by atoms with Crippen LogP contribution in [0.1, 0.15) is 34.1 Å². The van der Waals surface area contributed by atoms with E-state index in [2.05, 4.69) is 0 Å². The molecule has 0 atom stereocenters. The van der Waals surface area contributed by atoms with Gasteiger partial charge in [-0.3, -0.25) is 14.9 Å². The van der Waals surface area contributed by atoms with Crippen LogP contribution in [0.5, 0.6) is 0 Å². The highest BCUT2D eigenvalue weighted by molar-refractivity contribution is 7.18. The minimum absolute atomic E-state index is 0.0659. The molecule has 138 valence electrons. The molecule has 1 aromatic heterocycles. The number of benzene rings is 2. The molecule has 0 saturated carbocycles. The summed E-state index contributed by atoms with van der Waals surface area (Å²) in [5.41, 5.74) is 1.21. The molecule has 1 fully saturated rings. The van der Waals surface area contributed by atoms with Gasteiger partial charge in [0.05, 0.1) is 20.1 Å². The number of piperidine rings is 1. The van der Waals surface area contributed by atoms with E-state index in [1.54, 1.807) is 28.4 Å². The number of carbonyl (C=O) groups is 1. The van der Waals surface area contributed by atoms with Crippen molar-refractivity contribution in [2.24, 2.45) is 0 Å². The van der Waals surface area contributed by atoms with E-state index in [9.17, 15) is 14.9 Å². The summed E-state index contributed by atoms with van der Waals surface area (Å²) in [5.74, 6) is 0.156. The fraction of sp³-hybridized carbons (Fsp3) is 0.263. The number of aromatic nitrogens is 1. The van der Waals surface area contributed by atoms with Crippen LogP contribution >= 0.6 is 22.9 Å². The number of rotatable bonds is 3. The first kappa shape index (κ1) is 17.9. The Morgan fingerprint density at radius 1 is 1.22 bits per heavy atom. The lowest BCUT2D eigenvalue weighted by Crippen LogP contribution is -2.37. The fourth-order valence-electron chi connectivity index (χ4n) is 3.36. The Labute approximate surface area is 164 Å². The van der Waals surface area contributed by atoms with Crippen molar-refractivity contribution in [2.75, 3.05) is 13.1 Å². The molecule has 0 radical (unpaired) electrons. The Morgan fingerprint density at radius 3 is 2.74 bits per heavy atom. The van der Waals surface area contributed by atoms with E-state index in [1.807, 2.05) is 18.2 Å². The number of fused-ring (bicyclic) bond motifs is 1. The number of nitrogens with zero attached hydrogens (tertiary/aromatic N) is 3. The first-order chi connectivity index (χ1) is 13.0. The second-order valence-electron chi connectivity index (χ2n) is 6.54. The summed E-state index contributed by atoms with van der Waals surface area (Å²) in [7, 11) is 0. The van der Waals surface area contributed by atoms with E-state index in [-0.39, 0.29) is 11.6 Å². The Bertz CT molecular complexity index is 1030. The van der Waals surface area contributed by atoms with Crippen LogP contribution in [-0.2, 0) is 0 Å². The number of non-ortho nitro benzene ring substituents is 1. The number of nitro benzene ring substituents is 1. The molecule has 1 saturated heterocycles. The molecule has 0 unspecified atom stereocenters. The van der Waals surface area contributed by atoms with Crippen molar-refractivity contribution in [1.82, 2.24) is 9.88 Å². The molecule has 1 aliphatic heterocycles. The van der Waals surface area contributed by atoms with Gasteiger partial charge in [-0.1, -0.05) is 17.7 Å². The fourth-order valence-corrected chi connectivity index (χ4v) is 4.64.